The monoisotopic (exact) mass is 413 g/mol. The van der Waals surface area contributed by atoms with Crippen molar-refractivity contribution in [2.75, 3.05) is 25.0 Å². The average molecular weight is 414 g/mol. The maximum atomic E-state index is 12.6. The molecule has 5 nitrogen and oxygen atoms in total. The Bertz CT molecular complexity index is 943. The lowest BCUT2D eigenvalue weighted by Gasteiger charge is -2.32. The number of carbonyl (C=O) groups excluding carboxylic acids is 1. The van der Waals surface area contributed by atoms with E-state index in [4.69, 9.17) is 5.26 Å². The van der Waals surface area contributed by atoms with Crippen LogP contribution in [0.5, 0.6) is 0 Å². The van der Waals surface area contributed by atoms with Gasteiger partial charge in [-0.1, -0.05) is 60.7 Å². The second-order valence-corrected chi connectivity index (χ2v) is 7.32. The van der Waals surface area contributed by atoms with E-state index in [0.29, 0.717) is 37.2 Å². The number of nitrogens with one attached hydrogen (secondary N) is 1. The fraction of sp³-hybridized carbons (Fsp3) is 0.231. The normalized spacial score (nSPS) is 10.8. The largest absolute Gasteiger partial charge is 0.396 e. The van der Waals surface area contributed by atoms with Gasteiger partial charge in [0.25, 0.3) is 0 Å². The zero-order valence-electron chi connectivity index (χ0n) is 17.4. The minimum Gasteiger partial charge on any atom is -0.396 e. The van der Waals surface area contributed by atoms with Crippen molar-refractivity contribution in [3.05, 3.63) is 102 Å². The number of benzene rings is 3. The van der Waals surface area contributed by atoms with E-state index in [0.717, 1.165) is 11.1 Å². The quantitative estimate of drug-likeness (QED) is 0.518. The molecule has 0 bridgehead atoms. The number of hydrogen-bond donors (Lipinski definition) is 2. The van der Waals surface area contributed by atoms with Crippen LogP contribution in [0.3, 0.4) is 0 Å². The molecule has 5 heteroatoms. The van der Waals surface area contributed by atoms with E-state index in [2.05, 4.69) is 40.6 Å². The van der Waals surface area contributed by atoms with Crippen LogP contribution in [0.1, 0.15) is 35.6 Å². The minimum absolute atomic E-state index is 0.00309. The molecule has 0 unspecified atom stereocenters. The summed E-state index contributed by atoms with van der Waals surface area (Å²) in [5.41, 5.74) is 3.54. The molecule has 31 heavy (non-hydrogen) atoms. The lowest BCUT2D eigenvalue weighted by molar-refractivity contribution is -0.116. The summed E-state index contributed by atoms with van der Waals surface area (Å²) in [6.07, 6.45) is 0.953. The van der Waals surface area contributed by atoms with Gasteiger partial charge in [0, 0.05) is 31.8 Å². The molecular formula is C26H27N3O2. The zero-order valence-corrected chi connectivity index (χ0v) is 17.4. The van der Waals surface area contributed by atoms with Gasteiger partial charge in [0.15, 0.2) is 0 Å². The molecule has 1 amide bonds. The van der Waals surface area contributed by atoms with Crippen molar-refractivity contribution in [2.24, 2.45) is 0 Å². The van der Waals surface area contributed by atoms with Gasteiger partial charge in [-0.3, -0.25) is 9.69 Å². The molecule has 3 aromatic carbocycles. The van der Waals surface area contributed by atoms with Crippen LogP contribution in [0.4, 0.5) is 5.69 Å². The Hall–Kier alpha value is -3.46. The maximum Gasteiger partial charge on any atom is 0.225 e. The van der Waals surface area contributed by atoms with Crippen molar-refractivity contribution < 1.29 is 9.90 Å². The van der Waals surface area contributed by atoms with Crippen LogP contribution in [-0.2, 0) is 4.79 Å². The van der Waals surface area contributed by atoms with Crippen molar-refractivity contribution in [3.63, 3.8) is 0 Å². The molecule has 0 spiro atoms. The maximum absolute atomic E-state index is 12.6. The predicted octanol–water partition coefficient (Wildman–Crippen LogP) is 4.36. The van der Waals surface area contributed by atoms with Gasteiger partial charge >= 0.3 is 0 Å². The third-order valence-electron chi connectivity index (χ3n) is 5.12. The SMILES string of the molecule is N#Cc1ccc(NC(=O)CCN(CCCO)C(c2ccccc2)c2ccccc2)cc1. The van der Waals surface area contributed by atoms with E-state index < -0.39 is 0 Å². The topological polar surface area (TPSA) is 76.4 Å². The molecule has 158 valence electrons. The second kappa shape index (κ2) is 11.7. The average Bonchev–Trinajstić information content (AvgIpc) is 2.82. The third kappa shape index (κ3) is 6.51. The fourth-order valence-electron chi connectivity index (χ4n) is 3.63. The highest BCUT2D eigenvalue weighted by Gasteiger charge is 2.22. The molecule has 3 rings (SSSR count). The molecule has 0 aliphatic rings. The number of aliphatic hydroxyl groups is 1. The molecule has 0 heterocycles. The first kappa shape index (κ1) is 22.2. The van der Waals surface area contributed by atoms with E-state index in [1.165, 1.54) is 0 Å². The number of amides is 1. The van der Waals surface area contributed by atoms with Crippen LogP contribution in [-0.4, -0.2) is 35.6 Å². The number of nitrogens with zero attached hydrogens (tertiary/aromatic N) is 2. The van der Waals surface area contributed by atoms with Gasteiger partial charge in [-0.15, -0.1) is 0 Å². The minimum atomic E-state index is -0.0846. The number of nitriles is 1. The summed E-state index contributed by atoms with van der Waals surface area (Å²) < 4.78 is 0. The lowest BCUT2D eigenvalue weighted by Crippen LogP contribution is -2.34. The number of anilines is 1. The molecule has 3 aromatic rings. The van der Waals surface area contributed by atoms with Crippen LogP contribution in [0.2, 0.25) is 0 Å². The Labute approximate surface area is 183 Å². The smallest absolute Gasteiger partial charge is 0.225 e. The van der Waals surface area contributed by atoms with E-state index in [-0.39, 0.29) is 18.6 Å². The number of aliphatic hydroxyl groups excluding tert-OH is 1. The number of hydrogen-bond acceptors (Lipinski definition) is 4. The van der Waals surface area contributed by atoms with Crippen molar-refractivity contribution in [3.8, 4) is 6.07 Å². The second-order valence-electron chi connectivity index (χ2n) is 7.32. The highest BCUT2D eigenvalue weighted by molar-refractivity contribution is 5.90. The summed E-state index contributed by atoms with van der Waals surface area (Å²) in [6, 6.07) is 29.4. The van der Waals surface area contributed by atoms with E-state index >= 15 is 0 Å². The van der Waals surface area contributed by atoms with Gasteiger partial charge in [0.2, 0.25) is 5.91 Å². The highest BCUT2D eigenvalue weighted by Crippen LogP contribution is 2.29. The van der Waals surface area contributed by atoms with Crippen molar-refractivity contribution in [2.45, 2.75) is 18.9 Å². The number of rotatable bonds is 10. The van der Waals surface area contributed by atoms with Crippen LogP contribution in [0, 0.1) is 11.3 Å². The molecule has 0 aliphatic heterocycles. The van der Waals surface area contributed by atoms with Crippen LogP contribution in [0.25, 0.3) is 0 Å². The van der Waals surface area contributed by atoms with Crippen LogP contribution < -0.4 is 5.32 Å². The number of carbonyl (C=O) groups is 1. The Balaban J connectivity index is 1.75. The molecule has 0 aromatic heterocycles. The highest BCUT2D eigenvalue weighted by atomic mass is 16.3. The summed E-state index contributed by atoms with van der Waals surface area (Å²) >= 11 is 0. The van der Waals surface area contributed by atoms with Crippen molar-refractivity contribution >= 4 is 11.6 Å². The Morgan fingerprint density at radius 3 is 2.00 bits per heavy atom. The lowest BCUT2D eigenvalue weighted by atomic mass is 9.96. The molecule has 0 fully saturated rings. The zero-order chi connectivity index (χ0) is 21.9. The standard InChI is InChI=1S/C26H27N3O2/c27-20-21-12-14-24(15-13-21)28-25(31)16-18-29(17-7-19-30)26(22-8-3-1-4-9-22)23-10-5-2-6-11-23/h1-6,8-15,26,30H,7,16-19H2,(H,28,31). The Kier molecular flexibility index (Phi) is 8.36. The van der Waals surface area contributed by atoms with Crippen molar-refractivity contribution in [1.29, 1.82) is 5.26 Å². The van der Waals surface area contributed by atoms with Gasteiger partial charge in [-0.2, -0.15) is 5.26 Å². The molecule has 0 radical (unpaired) electrons. The van der Waals surface area contributed by atoms with Crippen molar-refractivity contribution in [1.82, 2.24) is 4.90 Å². The fourth-order valence-corrected chi connectivity index (χ4v) is 3.63. The van der Waals surface area contributed by atoms with Gasteiger partial charge in [0.05, 0.1) is 17.7 Å². The van der Waals surface area contributed by atoms with Gasteiger partial charge in [-0.25, -0.2) is 0 Å². The molecule has 0 aliphatic carbocycles. The summed E-state index contributed by atoms with van der Waals surface area (Å²) in [7, 11) is 0. The summed E-state index contributed by atoms with van der Waals surface area (Å²) in [4.78, 5) is 14.8. The summed E-state index contributed by atoms with van der Waals surface area (Å²) in [5, 5.41) is 21.2. The Morgan fingerprint density at radius 1 is 0.903 bits per heavy atom. The third-order valence-corrected chi connectivity index (χ3v) is 5.12. The first-order valence-electron chi connectivity index (χ1n) is 10.5. The predicted molar refractivity (Wildman–Crippen MR) is 122 cm³/mol. The molecule has 2 N–H and O–H groups in total. The van der Waals surface area contributed by atoms with Crippen LogP contribution in [0.15, 0.2) is 84.9 Å². The summed E-state index contributed by atoms with van der Waals surface area (Å²) in [5.74, 6) is -0.0846. The first-order valence-corrected chi connectivity index (χ1v) is 10.5. The summed E-state index contributed by atoms with van der Waals surface area (Å²) in [6.45, 7) is 1.33. The molecular weight excluding hydrogens is 386 g/mol. The molecule has 0 atom stereocenters. The van der Waals surface area contributed by atoms with E-state index in [9.17, 15) is 9.90 Å². The van der Waals surface area contributed by atoms with Gasteiger partial charge < -0.3 is 10.4 Å². The van der Waals surface area contributed by atoms with E-state index in [1.807, 2.05) is 36.4 Å². The van der Waals surface area contributed by atoms with E-state index in [1.54, 1.807) is 24.3 Å². The molecule has 0 saturated heterocycles. The molecule has 0 saturated carbocycles. The van der Waals surface area contributed by atoms with Gasteiger partial charge in [-0.05, 0) is 41.8 Å². The van der Waals surface area contributed by atoms with Gasteiger partial charge in [0.1, 0.15) is 0 Å². The Morgan fingerprint density at radius 2 is 1.48 bits per heavy atom. The van der Waals surface area contributed by atoms with Crippen LogP contribution >= 0.6 is 0 Å². The first-order chi connectivity index (χ1) is 15.2.